The van der Waals surface area contributed by atoms with Gasteiger partial charge in [-0.1, -0.05) is 109 Å². The normalized spacial score (nSPS) is 11.6. The van der Waals surface area contributed by atoms with Gasteiger partial charge in [0, 0.05) is 49.1 Å². The van der Waals surface area contributed by atoms with Crippen molar-refractivity contribution in [1.82, 2.24) is 24.5 Å². The molecule has 5 aromatic carbocycles. The summed E-state index contributed by atoms with van der Waals surface area (Å²) < 4.78 is 4.69. The molecule has 0 atom stereocenters. The third-order valence-electron chi connectivity index (χ3n) is 8.12. The highest BCUT2D eigenvalue weighted by Gasteiger charge is 2.22. The molecule has 9 aromatic rings. The van der Waals surface area contributed by atoms with Crippen molar-refractivity contribution in [2.24, 2.45) is 0 Å². The first-order valence-electron chi connectivity index (χ1n) is 14.5. The quantitative estimate of drug-likeness (QED) is 0.208. The number of fused-ring (bicyclic) bond motifs is 6. The first-order chi connectivity index (χ1) is 21.8. The third-order valence-corrected chi connectivity index (χ3v) is 9.30. The topological polar surface area (TPSA) is 56.5 Å². The Morgan fingerprint density at radius 3 is 1.84 bits per heavy atom. The molecule has 9 rings (SSSR count). The van der Waals surface area contributed by atoms with Crippen LogP contribution in [-0.2, 0) is 0 Å². The molecule has 4 aromatic heterocycles. The van der Waals surface area contributed by atoms with E-state index >= 15 is 0 Å². The lowest BCUT2D eigenvalue weighted by molar-refractivity contribution is 1.07. The summed E-state index contributed by atoms with van der Waals surface area (Å²) in [5.74, 6) is 2.80. The molecular weight excluding hydrogens is 559 g/mol. The van der Waals surface area contributed by atoms with E-state index in [4.69, 9.17) is 19.9 Å². The highest BCUT2D eigenvalue weighted by molar-refractivity contribution is 7.26. The highest BCUT2D eigenvalue weighted by Crippen LogP contribution is 2.42. The van der Waals surface area contributed by atoms with E-state index in [0.717, 1.165) is 49.0 Å². The van der Waals surface area contributed by atoms with E-state index in [-0.39, 0.29) is 0 Å². The average molecular weight is 582 g/mol. The fourth-order valence-corrected chi connectivity index (χ4v) is 7.32. The van der Waals surface area contributed by atoms with Crippen molar-refractivity contribution in [2.45, 2.75) is 0 Å². The molecule has 4 heterocycles. The average Bonchev–Trinajstić information content (AvgIpc) is 3.65. The fourth-order valence-electron chi connectivity index (χ4n) is 6.15. The third kappa shape index (κ3) is 3.85. The summed E-state index contributed by atoms with van der Waals surface area (Å²) in [5.41, 5.74) is 4.93. The Kier molecular flexibility index (Phi) is 5.61. The summed E-state index contributed by atoms with van der Waals surface area (Å²) in [6, 6.07) is 45.8. The number of pyridine rings is 1. The molecule has 0 saturated heterocycles. The number of thiophene rings is 1. The maximum atomic E-state index is 5.10. The minimum atomic E-state index is 0.621. The molecule has 0 saturated carbocycles. The number of nitrogens with zero attached hydrogens (tertiary/aromatic N) is 5. The number of hydrogen-bond donors (Lipinski definition) is 0. The van der Waals surface area contributed by atoms with Crippen LogP contribution in [0.25, 0.3) is 82.0 Å². The number of benzene rings is 5. The molecule has 206 valence electrons. The van der Waals surface area contributed by atoms with Gasteiger partial charge in [-0.2, -0.15) is 0 Å². The van der Waals surface area contributed by atoms with E-state index in [9.17, 15) is 0 Å². The number of rotatable bonds is 4. The van der Waals surface area contributed by atoms with Crippen LogP contribution in [0.1, 0.15) is 0 Å². The lowest BCUT2D eigenvalue weighted by Crippen LogP contribution is -2.03. The second-order valence-electron chi connectivity index (χ2n) is 10.7. The van der Waals surface area contributed by atoms with Gasteiger partial charge < -0.3 is 0 Å². The summed E-state index contributed by atoms with van der Waals surface area (Å²) in [5, 5.41) is 4.73. The van der Waals surface area contributed by atoms with Crippen LogP contribution in [0.5, 0.6) is 0 Å². The van der Waals surface area contributed by atoms with Crippen molar-refractivity contribution in [1.29, 1.82) is 0 Å². The maximum Gasteiger partial charge on any atom is 0.166 e. The molecule has 0 aliphatic carbocycles. The van der Waals surface area contributed by atoms with Gasteiger partial charge in [0.2, 0.25) is 0 Å². The molecular formula is C38H23N5S. The minimum absolute atomic E-state index is 0.621. The molecule has 44 heavy (non-hydrogen) atoms. The van der Waals surface area contributed by atoms with Gasteiger partial charge in [0.05, 0.1) is 15.7 Å². The van der Waals surface area contributed by atoms with E-state index in [2.05, 4.69) is 77.4 Å². The summed E-state index contributed by atoms with van der Waals surface area (Å²) in [4.78, 5) is 20.2. The van der Waals surface area contributed by atoms with Gasteiger partial charge in [0.25, 0.3) is 0 Å². The summed E-state index contributed by atoms with van der Waals surface area (Å²) in [6.45, 7) is 0. The van der Waals surface area contributed by atoms with Crippen molar-refractivity contribution in [3.05, 3.63) is 140 Å². The zero-order valence-corrected chi connectivity index (χ0v) is 24.2. The zero-order chi connectivity index (χ0) is 29.0. The van der Waals surface area contributed by atoms with Gasteiger partial charge >= 0.3 is 0 Å². The van der Waals surface area contributed by atoms with Crippen molar-refractivity contribution in [3.63, 3.8) is 0 Å². The number of aromatic nitrogens is 5. The van der Waals surface area contributed by atoms with Gasteiger partial charge in [-0.3, -0.25) is 4.57 Å². The monoisotopic (exact) mass is 581 g/mol. The molecule has 0 aliphatic heterocycles. The first-order valence-corrected chi connectivity index (χ1v) is 15.3. The Balaban J connectivity index is 1.39. The van der Waals surface area contributed by atoms with Crippen LogP contribution < -0.4 is 0 Å². The van der Waals surface area contributed by atoms with E-state index in [1.807, 2.05) is 66.9 Å². The molecule has 6 heteroatoms. The van der Waals surface area contributed by atoms with E-state index in [1.165, 1.54) is 15.5 Å². The van der Waals surface area contributed by atoms with Crippen molar-refractivity contribution in [3.8, 4) is 40.0 Å². The lowest BCUT2D eigenvalue weighted by Gasteiger charge is -2.12. The van der Waals surface area contributed by atoms with Crippen LogP contribution in [0.15, 0.2) is 140 Å². The largest absolute Gasteiger partial charge is 0.292 e. The van der Waals surface area contributed by atoms with E-state index in [0.29, 0.717) is 17.5 Å². The van der Waals surface area contributed by atoms with Crippen LogP contribution in [-0.4, -0.2) is 24.5 Å². The van der Waals surface area contributed by atoms with Gasteiger partial charge in [0.15, 0.2) is 23.3 Å². The molecule has 5 nitrogen and oxygen atoms in total. The number of para-hydroxylation sites is 2. The SMILES string of the molecule is c1ccc(-c2nc(-c3ccccc3)nc(-c3cccc4c5ccccc5n(-c5nccc6c5sc5ccccc56)c34)n2)cc1. The molecule has 0 spiro atoms. The Hall–Kier alpha value is -5.72. The van der Waals surface area contributed by atoms with Crippen LogP contribution in [0.4, 0.5) is 0 Å². The molecule has 0 aliphatic rings. The second kappa shape index (κ2) is 9.93. The van der Waals surface area contributed by atoms with Gasteiger partial charge in [-0.25, -0.2) is 19.9 Å². The molecule has 0 amide bonds. The van der Waals surface area contributed by atoms with Crippen molar-refractivity contribution < 1.29 is 0 Å². The Bertz CT molecular complexity index is 2440. The Morgan fingerprint density at radius 2 is 1.09 bits per heavy atom. The van der Waals surface area contributed by atoms with Crippen LogP contribution in [0.3, 0.4) is 0 Å². The zero-order valence-electron chi connectivity index (χ0n) is 23.4. The van der Waals surface area contributed by atoms with Crippen LogP contribution >= 0.6 is 11.3 Å². The van der Waals surface area contributed by atoms with E-state index < -0.39 is 0 Å². The van der Waals surface area contributed by atoms with Crippen molar-refractivity contribution in [2.75, 3.05) is 0 Å². The predicted octanol–water partition coefficient (Wildman–Crippen LogP) is 9.73. The van der Waals surface area contributed by atoms with E-state index in [1.54, 1.807) is 11.3 Å². The summed E-state index contributed by atoms with van der Waals surface area (Å²) >= 11 is 1.78. The van der Waals surface area contributed by atoms with Gasteiger partial charge in [-0.15, -0.1) is 11.3 Å². The highest BCUT2D eigenvalue weighted by atomic mass is 32.1. The van der Waals surface area contributed by atoms with Crippen LogP contribution in [0, 0.1) is 0 Å². The minimum Gasteiger partial charge on any atom is -0.292 e. The van der Waals surface area contributed by atoms with Gasteiger partial charge in [-0.05, 0) is 24.3 Å². The summed E-state index contributed by atoms with van der Waals surface area (Å²) in [6.07, 6.45) is 1.92. The van der Waals surface area contributed by atoms with Crippen LogP contribution in [0.2, 0.25) is 0 Å². The smallest absolute Gasteiger partial charge is 0.166 e. The lowest BCUT2D eigenvalue weighted by atomic mass is 10.1. The Labute approximate surface area is 256 Å². The standard InChI is InChI=1S/C38H23N5S/c1-3-12-24(13-4-1)35-40-36(25-14-5-2-6-15-25)42-37(41-35)30-19-11-18-28-26-16-7-9-20-31(26)43(33(28)30)38-34-29(22-23-39-38)27-17-8-10-21-32(27)44-34/h1-23H. The fraction of sp³-hybridized carbons (Fsp3) is 0. The molecule has 0 fully saturated rings. The maximum absolute atomic E-state index is 5.10. The Morgan fingerprint density at radius 1 is 0.477 bits per heavy atom. The summed E-state index contributed by atoms with van der Waals surface area (Å²) in [7, 11) is 0. The second-order valence-corrected chi connectivity index (χ2v) is 11.8. The molecule has 0 radical (unpaired) electrons. The first kappa shape index (κ1) is 24.8. The molecule has 0 unspecified atom stereocenters. The number of hydrogen-bond acceptors (Lipinski definition) is 5. The molecule has 0 bridgehead atoms. The van der Waals surface area contributed by atoms with Crippen molar-refractivity contribution >= 4 is 53.3 Å². The molecule has 0 N–H and O–H groups in total. The van der Waals surface area contributed by atoms with Gasteiger partial charge in [0.1, 0.15) is 0 Å². The predicted molar refractivity (Wildman–Crippen MR) is 181 cm³/mol.